The predicted octanol–water partition coefficient (Wildman–Crippen LogP) is 6.28. The highest BCUT2D eigenvalue weighted by molar-refractivity contribution is 7.92. The summed E-state index contributed by atoms with van der Waals surface area (Å²) in [4.78, 5) is 29.7. The van der Waals surface area contributed by atoms with Gasteiger partial charge in [0.25, 0.3) is 10.0 Å². The standard InChI is InChI=1S/C37H42FN3O5S/c1-4-6-24-39-37(43)35(25-29-10-8-7-9-11-29)40(26-30-14-16-31(38)17-15-30)36(42)27-41(32-18-12-28(3)13-19-32)47(44,45)34-22-20-33(21-23-34)46-5-2/h7-23,35H,4-6,24-27H2,1-3H3,(H,39,43)/t35-/m1/s1. The molecule has 0 aromatic heterocycles. The van der Waals surface area contributed by atoms with Crippen LogP contribution in [0.25, 0.3) is 0 Å². The molecule has 0 saturated heterocycles. The van der Waals surface area contributed by atoms with E-state index in [1.54, 1.807) is 48.5 Å². The Morgan fingerprint density at radius 3 is 2.13 bits per heavy atom. The SMILES string of the molecule is CCCCNC(=O)[C@@H](Cc1ccccc1)N(Cc1ccc(F)cc1)C(=O)CN(c1ccc(C)cc1)S(=O)(=O)c1ccc(OCC)cc1. The first-order valence-electron chi connectivity index (χ1n) is 15.8. The van der Waals surface area contributed by atoms with Gasteiger partial charge in [0.05, 0.1) is 17.2 Å². The number of unbranched alkanes of at least 4 members (excludes halogenated alkanes) is 1. The summed E-state index contributed by atoms with van der Waals surface area (Å²) in [6, 6.07) is 26.9. The fraction of sp³-hybridized carbons (Fsp3) is 0.297. The molecular formula is C37H42FN3O5S. The number of benzene rings is 4. The number of carbonyl (C=O) groups is 2. The largest absolute Gasteiger partial charge is 0.494 e. The van der Waals surface area contributed by atoms with Crippen LogP contribution < -0.4 is 14.4 Å². The lowest BCUT2D eigenvalue weighted by molar-refractivity contribution is -0.140. The van der Waals surface area contributed by atoms with Crippen molar-refractivity contribution in [2.75, 3.05) is 24.0 Å². The first-order chi connectivity index (χ1) is 22.6. The molecule has 0 heterocycles. The van der Waals surface area contributed by atoms with E-state index in [-0.39, 0.29) is 23.8 Å². The van der Waals surface area contributed by atoms with Crippen LogP contribution in [0.1, 0.15) is 43.4 Å². The van der Waals surface area contributed by atoms with Crippen LogP contribution in [0.3, 0.4) is 0 Å². The monoisotopic (exact) mass is 659 g/mol. The topological polar surface area (TPSA) is 96.0 Å². The number of halogens is 1. The number of hydrogen-bond acceptors (Lipinski definition) is 5. The number of amides is 2. The molecule has 4 aromatic carbocycles. The maximum Gasteiger partial charge on any atom is 0.264 e. The van der Waals surface area contributed by atoms with E-state index in [1.165, 1.54) is 29.2 Å². The van der Waals surface area contributed by atoms with E-state index < -0.39 is 34.3 Å². The molecule has 0 aliphatic heterocycles. The van der Waals surface area contributed by atoms with Crippen LogP contribution >= 0.6 is 0 Å². The molecule has 0 aliphatic rings. The minimum atomic E-state index is -4.25. The summed E-state index contributed by atoms with van der Waals surface area (Å²) < 4.78 is 48.8. The molecule has 4 aromatic rings. The first-order valence-corrected chi connectivity index (χ1v) is 17.2. The third-order valence-electron chi connectivity index (χ3n) is 7.69. The van der Waals surface area contributed by atoms with Gasteiger partial charge in [0.1, 0.15) is 24.2 Å². The van der Waals surface area contributed by atoms with Crippen LogP contribution in [0.15, 0.2) is 108 Å². The Bertz CT molecular complexity index is 1700. The summed E-state index contributed by atoms with van der Waals surface area (Å²) in [6.07, 6.45) is 1.83. The Balaban J connectivity index is 1.77. The van der Waals surface area contributed by atoms with Gasteiger partial charge in [-0.1, -0.05) is 73.5 Å². The molecule has 1 N–H and O–H groups in total. The maximum absolute atomic E-state index is 14.5. The second-order valence-electron chi connectivity index (χ2n) is 11.2. The first kappa shape index (κ1) is 35.2. The van der Waals surface area contributed by atoms with Crippen molar-refractivity contribution in [1.29, 1.82) is 0 Å². The van der Waals surface area contributed by atoms with Crippen LogP contribution in [0.5, 0.6) is 5.75 Å². The van der Waals surface area contributed by atoms with E-state index in [4.69, 9.17) is 4.74 Å². The molecule has 1 atom stereocenters. The fourth-order valence-corrected chi connectivity index (χ4v) is 6.50. The zero-order chi connectivity index (χ0) is 33.8. The summed E-state index contributed by atoms with van der Waals surface area (Å²) in [5, 5.41) is 2.96. The van der Waals surface area contributed by atoms with E-state index in [9.17, 15) is 22.4 Å². The normalized spacial score (nSPS) is 11.8. The maximum atomic E-state index is 14.5. The number of hydrogen-bond donors (Lipinski definition) is 1. The Labute approximate surface area is 277 Å². The Morgan fingerprint density at radius 2 is 1.51 bits per heavy atom. The van der Waals surface area contributed by atoms with E-state index in [0.29, 0.717) is 30.2 Å². The van der Waals surface area contributed by atoms with Gasteiger partial charge in [-0.25, -0.2) is 12.8 Å². The lowest BCUT2D eigenvalue weighted by atomic mass is 10.0. The lowest BCUT2D eigenvalue weighted by Gasteiger charge is -2.34. The average molecular weight is 660 g/mol. The van der Waals surface area contributed by atoms with Gasteiger partial charge < -0.3 is 15.0 Å². The van der Waals surface area contributed by atoms with E-state index in [1.807, 2.05) is 51.1 Å². The van der Waals surface area contributed by atoms with Crippen molar-refractivity contribution in [3.8, 4) is 5.75 Å². The minimum absolute atomic E-state index is 0.0162. The van der Waals surface area contributed by atoms with Gasteiger partial charge in [-0.2, -0.15) is 0 Å². The quantitative estimate of drug-likeness (QED) is 0.143. The molecule has 8 nitrogen and oxygen atoms in total. The van der Waals surface area contributed by atoms with Crippen molar-refractivity contribution < 1.29 is 27.1 Å². The molecule has 2 amide bonds. The van der Waals surface area contributed by atoms with Crippen LogP contribution in [0, 0.1) is 12.7 Å². The highest BCUT2D eigenvalue weighted by Gasteiger charge is 2.34. The van der Waals surface area contributed by atoms with Crippen molar-refractivity contribution in [1.82, 2.24) is 10.2 Å². The number of carbonyl (C=O) groups excluding carboxylic acids is 2. The third-order valence-corrected chi connectivity index (χ3v) is 9.48. The molecule has 0 bridgehead atoms. The third kappa shape index (κ3) is 9.65. The minimum Gasteiger partial charge on any atom is -0.494 e. The smallest absolute Gasteiger partial charge is 0.264 e. The predicted molar refractivity (Wildman–Crippen MR) is 182 cm³/mol. The van der Waals surface area contributed by atoms with Crippen LogP contribution in [-0.4, -0.2) is 50.9 Å². The lowest BCUT2D eigenvalue weighted by Crippen LogP contribution is -2.53. The fourth-order valence-electron chi connectivity index (χ4n) is 5.09. The number of anilines is 1. The summed E-state index contributed by atoms with van der Waals surface area (Å²) in [6.45, 7) is 5.98. The van der Waals surface area contributed by atoms with Crippen molar-refractivity contribution in [2.45, 2.75) is 57.5 Å². The number of sulfonamides is 1. The molecule has 0 aliphatic carbocycles. The van der Waals surface area contributed by atoms with Crippen molar-refractivity contribution in [3.05, 3.63) is 126 Å². The molecule has 0 spiro atoms. The number of aryl methyl sites for hydroxylation is 1. The summed E-state index contributed by atoms with van der Waals surface area (Å²) in [5.74, 6) is -0.852. The van der Waals surface area contributed by atoms with Crippen LogP contribution in [0.4, 0.5) is 10.1 Å². The summed E-state index contributed by atoms with van der Waals surface area (Å²) in [5.41, 5.74) is 2.64. The average Bonchev–Trinajstić information content (AvgIpc) is 3.07. The zero-order valence-corrected chi connectivity index (χ0v) is 27.9. The molecule has 0 radical (unpaired) electrons. The molecule has 47 heavy (non-hydrogen) atoms. The number of nitrogens with one attached hydrogen (secondary N) is 1. The Hall–Kier alpha value is -4.70. The Kier molecular flexibility index (Phi) is 12.5. The van der Waals surface area contributed by atoms with Crippen molar-refractivity contribution in [3.63, 3.8) is 0 Å². The second-order valence-corrected chi connectivity index (χ2v) is 13.1. The zero-order valence-electron chi connectivity index (χ0n) is 27.1. The van der Waals surface area contributed by atoms with Gasteiger partial charge in [-0.05, 0) is 79.9 Å². The van der Waals surface area contributed by atoms with Gasteiger partial charge >= 0.3 is 0 Å². The molecule has 10 heteroatoms. The number of rotatable bonds is 16. The summed E-state index contributed by atoms with van der Waals surface area (Å²) in [7, 11) is -4.25. The van der Waals surface area contributed by atoms with Crippen LogP contribution in [0.2, 0.25) is 0 Å². The number of nitrogens with zero attached hydrogens (tertiary/aromatic N) is 2. The molecule has 0 saturated carbocycles. The van der Waals surface area contributed by atoms with Gasteiger partial charge in [0, 0.05) is 19.5 Å². The molecule has 248 valence electrons. The molecular weight excluding hydrogens is 617 g/mol. The van der Waals surface area contributed by atoms with E-state index >= 15 is 0 Å². The molecule has 4 rings (SSSR count). The van der Waals surface area contributed by atoms with Gasteiger partial charge in [-0.15, -0.1) is 0 Å². The van der Waals surface area contributed by atoms with E-state index in [0.717, 1.165) is 28.3 Å². The van der Waals surface area contributed by atoms with E-state index in [2.05, 4.69) is 5.32 Å². The molecule has 0 fully saturated rings. The highest BCUT2D eigenvalue weighted by atomic mass is 32.2. The van der Waals surface area contributed by atoms with Crippen LogP contribution in [-0.2, 0) is 32.6 Å². The number of ether oxygens (including phenoxy) is 1. The summed E-state index contributed by atoms with van der Waals surface area (Å²) >= 11 is 0. The highest BCUT2D eigenvalue weighted by Crippen LogP contribution is 2.27. The van der Waals surface area contributed by atoms with Gasteiger partial charge in [-0.3, -0.25) is 13.9 Å². The Morgan fingerprint density at radius 1 is 0.851 bits per heavy atom. The molecule has 0 unspecified atom stereocenters. The van der Waals surface area contributed by atoms with Crippen molar-refractivity contribution >= 4 is 27.5 Å². The van der Waals surface area contributed by atoms with Crippen molar-refractivity contribution in [2.24, 2.45) is 0 Å². The van der Waals surface area contributed by atoms with Gasteiger partial charge in [0.2, 0.25) is 11.8 Å². The second kappa shape index (κ2) is 16.7. The van der Waals surface area contributed by atoms with Gasteiger partial charge in [0.15, 0.2) is 0 Å².